The van der Waals surface area contributed by atoms with Crippen molar-refractivity contribution in [2.75, 3.05) is 30.3 Å². The lowest BCUT2D eigenvalue weighted by Gasteiger charge is -2.21. The monoisotopic (exact) mass is 844 g/mol. The van der Waals surface area contributed by atoms with Gasteiger partial charge in [0, 0.05) is 12.0 Å². The van der Waals surface area contributed by atoms with Crippen LogP contribution >= 0.6 is 23.2 Å². The number of hydrogen-bond acceptors (Lipinski definition) is 12. The number of pyridine rings is 1. The molecule has 5 rings (SSSR count). The number of ether oxygens (including phenoxy) is 6. The Morgan fingerprint density at radius 1 is 0.911 bits per heavy atom. The van der Waals surface area contributed by atoms with Gasteiger partial charge in [-0.15, -0.1) is 0 Å². The molecule has 304 valence electrons. The molecular weight excluding hydrogens is 805 g/mol. The Kier molecular flexibility index (Phi) is 13.8. The minimum atomic E-state index is -4.25. The Labute approximate surface area is 331 Å². The summed E-state index contributed by atoms with van der Waals surface area (Å²) in [5.41, 5.74) is -0.566. The fourth-order valence-corrected chi connectivity index (χ4v) is 6.68. The lowest BCUT2D eigenvalue weighted by molar-refractivity contribution is -0.605. The van der Waals surface area contributed by atoms with Crippen LogP contribution in [0.5, 0.6) is 17.2 Å². The fraction of sp³-hybridized carbons (Fsp3) is 0.459. The van der Waals surface area contributed by atoms with Crippen molar-refractivity contribution < 1.29 is 64.7 Å². The molecule has 2 aromatic carbocycles. The van der Waals surface area contributed by atoms with E-state index < -0.39 is 58.6 Å². The molecule has 0 saturated heterocycles. The number of benzene rings is 2. The SMILES string of the molecule is CC(C)(C)OC(=O)CS(=O)(=O)Nc1ccc(C(=O)OCC(=O)O[C@@H](Cc2c(Cl)c[n+]([O-])cc2Cl)c2ccc(OC(F)F)c(OCC3CC3)c2)cc1OCC1CC1. The van der Waals surface area contributed by atoms with Crippen molar-refractivity contribution in [2.45, 2.75) is 71.2 Å². The number of esters is 3. The summed E-state index contributed by atoms with van der Waals surface area (Å²) in [5.74, 6) is -3.74. The van der Waals surface area contributed by atoms with E-state index in [1.165, 1.54) is 36.4 Å². The molecule has 0 radical (unpaired) electrons. The summed E-state index contributed by atoms with van der Waals surface area (Å²) in [4.78, 5) is 38.6. The minimum Gasteiger partial charge on any atom is -0.619 e. The second-order valence-electron chi connectivity index (χ2n) is 14.3. The molecule has 2 aliphatic carbocycles. The molecule has 0 aliphatic heterocycles. The van der Waals surface area contributed by atoms with Crippen LogP contribution in [0.1, 0.15) is 74.0 Å². The zero-order valence-electron chi connectivity index (χ0n) is 30.6. The van der Waals surface area contributed by atoms with Gasteiger partial charge in [0.2, 0.25) is 10.0 Å². The van der Waals surface area contributed by atoms with Crippen molar-refractivity contribution in [3.63, 3.8) is 0 Å². The van der Waals surface area contributed by atoms with Gasteiger partial charge in [0.25, 0.3) is 0 Å². The highest BCUT2D eigenvalue weighted by Crippen LogP contribution is 2.38. The summed E-state index contributed by atoms with van der Waals surface area (Å²) in [6.07, 6.45) is 4.35. The molecule has 19 heteroatoms. The number of carbonyl (C=O) groups excluding carboxylic acids is 3. The van der Waals surface area contributed by atoms with Gasteiger partial charge in [-0.3, -0.25) is 9.52 Å². The van der Waals surface area contributed by atoms with E-state index >= 15 is 0 Å². The average Bonchev–Trinajstić information content (AvgIpc) is 4.02. The predicted octanol–water partition coefficient (Wildman–Crippen LogP) is 6.57. The van der Waals surface area contributed by atoms with Crippen molar-refractivity contribution in [1.82, 2.24) is 0 Å². The smallest absolute Gasteiger partial charge is 0.387 e. The van der Waals surface area contributed by atoms with Gasteiger partial charge in [0.05, 0.1) is 24.5 Å². The van der Waals surface area contributed by atoms with Crippen LogP contribution in [-0.2, 0) is 40.2 Å². The van der Waals surface area contributed by atoms with E-state index in [0.717, 1.165) is 38.1 Å². The van der Waals surface area contributed by atoms with E-state index in [9.17, 15) is 36.8 Å². The Hall–Kier alpha value is -4.61. The van der Waals surface area contributed by atoms with Gasteiger partial charge in [0.15, 0.2) is 36.3 Å². The zero-order valence-corrected chi connectivity index (χ0v) is 32.9. The van der Waals surface area contributed by atoms with Gasteiger partial charge in [0.1, 0.15) is 27.5 Å². The van der Waals surface area contributed by atoms with Crippen LogP contribution in [0.2, 0.25) is 10.0 Å². The first-order valence-corrected chi connectivity index (χ1v) is 19.9. The molecule has 1 aromatic heterocycles. The fourth-order valence-electron chi connectivity index (χ4n) is 5.14. The molecule has 0 bridgehead atoms. The number of nitrogens with one attached hydrogen (secondary N) is 1. The Balaban J connectivity index is 1.32. The van der Waals surface area contributed by atoms with Crippen LogP contribution in [0.3, 0.4) is 0 Å². The zero-order chi connectivity index (χ0) is 40.8. The molecule has 1 N–H and O–H groups in total. The number of anilines is 1. The van der Waals surface area contributed by atoms with Gasteiger partial charge in [-0.25, -0.2) is 18.0 Å². The molecular formula is C37H40Cl2F2N2O12S. The lowest BCUT2D eigenvalue weighted by Crippen LogP contribution is -2.31. The number of aromatic nitrogens is 1. The van der Waals surface area contributed by atoms with Gasteiger partial charge < -0.3 is 33.6 Å². The third kappa shape index (κ3) is 13.3. The maximum Gasteiger partial charge on any atom is 0.387 e. The van der Waals surface area contributed by atoms with Crippen LogP contribution in [0.4, 0.5) is 14.5 Å². The number of carbonyl (C=O) groups is 3. The molecule has 2 saturated carbocycles. The van der Waals surface area contributed by atoms with Crippen LogP contribution in [0.25, 0.3) is 0 Å². The number of alkyl halides is 2. The largest absolute Gasteiger partial charge is 0.619 e. The summed E-state index contributed by atoms with van der Waals surface area (Å²) in [5, 5.41) is 11.8. The Morgan fingerprint density at radius 2 is 1.54 bits per heavy atom. The highest BCUT2D eigenvalue weighted by molar-refractivity contribution is 7.93. The van der Waals surface area contributed by atoms with E-state index in [0.29, 0.717) is 4.73 Å². The van der Waals surface area contributed by atoms with E-state index in [-0.39, 0.29) is 81.1 Å². The topological polar surface area (TPSA) is 180 Å². The van der Waals surface area contributed by atoms with E-state index in [1.807, 2.05) is 0 Å². The Bertz CT molecular complexity index is 2020. The molecule has 1 atom stereocenters. The highest BCUT2D eigenvalue weighted by Gasteiger charge is 2.29. The third-order valence-electron chi connectivity index (χ3n) is 8.15. The molecule has 14 nitrogen and oxygen atoms in total. The second-order valence-corrected chi connectivity index (χ2v) is 16.8. The first kappa shape index (κ1) is 42.5. The van der Waals surface area contributed by atoms with Crippen molar-refractivity contribution in [3.8, 4) is 17.2 Å². The van der Waals surface area contributed by atoms with Crippen molar-refractivity contribution in [1.29, 1.82) is 0 Å². The quantitative estimate of drug-likeness (QED) is 0.0595. The average molecular weight is 846 g/mol. The molecule has 3 aromatic rings. The number of nitrogens with zero attached hydrogens (tertiary/aromatic N) is 1. The van der Waals surface area contributed by atoms with E-state index in [4.69, 9.17) is 46.9 Å². The minimum absolute atomic E-state index is 0.0169. The van der Waals surface area contributed by atoms with Crippen LogP contribution in [0.15, 0.2) is 48.8 Å². The molecule has 2 aliphatic rings. The van der Waals surface area contributed by atoms with Gasteiger partial charge in [-0.05, 0) is 94.2 Å². The normalized spacial score (nSPS) is 14.8. The summed E-state index contributed by atoms with van der Waals surface area (Å²) in [6, 6.07) is 7.70. The number of sulfonamides is 1. The molecule has 0 amide bonds. The molecule has 1 heterocycles. The van der Waals surface area contributed by atoms with Gasteiger partial charge >= 0.3 is 24.5 Å². The number of hydrogen-bond donors (Lipinski definition) is 1. The van der Waals surface area contributed by atoms with Crippen LogP contribution in [0, 0.1) is 17.0 Å². The summed E-state index contributed by atoms with van der Waals surface area (Å²) < 4.78 is 87.0. The molecule has 0 spiro atoms. The van der Waals surface area contributed by atoms with E-state index in [1.54, 1.807) is 20.8 Å². The number of rotatable bonds is 19. The van der Waals surface area contributed by atoms with Crippen LogP contribution < -0.4 is 23.7 Å². The second kappa shape index (κ2) is 18.1. The standard InChI is InChI=1S/C37H40Cl2F2N2O12S/c1-37(2,3)55-34(45)20-56(48,49)42-28-10-8-24(13-31(28)50-17-21-4-5-21)35(46)52-19-33(44)53-30(14-25-26(38)15-43(47)16-27(25)39)23-9-11-29(54-36(40)41)32(12-23)51-18-22-6-7-22/h8-13,15-16,21-22,30,36,42H,4-7,14,17-20H2,1-3H3/t30-/m0/s1. The third-order valence-corrected chi connectivity index (χ3v) is 9.95. The molecule has 0 unspecified atom stereocenters. The van der Waals surface area contributed by atoms with Crippen molar-refractivity contribution in [2.24, 2.45) is 11.8 Å². The van der Waals surface area contributed by atoms with E-state index in [2.05, 4.69) is 9.46 Å². The first-order valence-electron chi connectivity index (χ1n) is 17.5. The first-order chi connectivity index (χ1) is 26.3. The summed E-state index contributed by atoms with van der Waals surface area (Å²) in [6.45, 7) is 1.24. The summed E-state index contributed by atoms with van der Waals surface area (Å²) >= 11 is 12.6. The Morgan fingerprint density at radius 3 is 2.12 bits per heavy atom. The number of halogens is 4. The maximum atomic E-state index is 13.2. The van der Waals surface area contributed by atoms with Gasteiger partial charge in [-0.1, -0.05) is 29.3 Å². The van der Waals surface area contributed by atoms with Crippen molar-refractivity contribution in [3.05, 3.63) is 80.7 Å². The molecule has 56 heavy (non-hydrogen) atoms. The summed E-state index contributed by atoms with van der Waals surface area (Å²) in [7, 11) is -4.25. The van der Waals surface area contributed by atoms with Gasteiger partial charge in [-0.2, -0.15) is 13.5 Å². The van der Waals surface area contributed by atoms with Crippen LogP contribution in [-0.4, -0.2) is 64.1 Å². The van der Waals surface area contributed by atoms with Crippen molar-refractivity contribution >= 4 is 56.8 Å². The predicted molar refractivity (Wildman–Crippen MR) is 197 cm³/mol. The molecule has 2 fully saturated rings. The highest BCUT2D eigenvalue weighted by atomic mass is 35.5. The maximum absolute atomic E-state index is 13.2. The lowest BCUT2D eigenvalue weighted by atomic mass is 10.0.